The Hall–Kier alpha value is -1.06. The van der Waals surface area contributed by atoms with Crippen LogP contribution in [0.15, 0.2) is 18.2 Å². The molecular formula is C16H26N2O. The van der Waals surface area contributed by atoms with Gasteiger partial charge < -0.3 is 15.8 Å². The van der Waals surface area contributed by atoms with E-state index in [1.165, 1.54) is 17.5 Å². The molecule has 106 valence electrons. The Balaban J connectivity index is 2.41. The summed E-state index contributed by atoms with van der Waals surface area (Å²) in [5, 5.41) is 3.76. The number of methoxy groups -OCH3 is 1. The molecule has 0 amide bonds. The van der Waals surface area contributed by atoms with Crippen molar-refractivity contribution in [3.63, 3.8) is 0 Å². The molecule has 3 nitrogen and oxygen atoms in total. The molecule has 2 rings (SSSR count). The van der Waals surface area contributed by atoms with Gasteiger partial charge in [-0.25, -0.2) is 0 Å². The van der Waals surface area contributed by atoms with Crippen LogP contribution in [0.1, 0.15) is 44.2 Å². The van der Waals surface area contributed by atoms with Gasteiger partial charge in [-0.15, -0.1) is 0 Å². The lowest BCUT2D eigenvalue weighted by Crippen LogP contribution is -2.53. The van der Waals surface area contributed by atoms with Gasteiger partial charge in [-0.3, -0.25) is 0 Å². The van der Waals surface area contributed by atoms with E-state index in [0.29, 0.717) is 12.6 Å². The fraction of sp³-hybridized carbons (Fsp3) is 0.625. The third-order valence-corrected chi connectivity index (χ3v) is 4.37. The van der Waals surface area contributed by atoms with Gasteiger partial charge in [0.05, 0.1) is 12.6 Å². The van der Waals surface area contributed by atoms with E-state index in [2.05, 4.69) is 37.4 Å². The second-order valence-electron chi connectivity index (χ2n) is 5.62. The molecule has 2 unspecified atom stereocenters. The van der Waals surface area contributed by atoms with E-state index in [1.54, 1.807) is 7.11 Å². The number of aryl methyl sites for hydroxylation is 1. The van der Waals surface area contributed by atoms with Crippen LogP contribution < -0.4 is 15.8 Å². The lowest BCUT2D eigenvalue weighted by atomic mass is 9.76. The molecule has 0 saturated carbocycles. The molecule has 0 saturated heterocycles. The molecule has 0 fully saturated rings. The van der Waals surface area contributed by atoms with Gasteiger partial charge in [0, 0.05) is 12.6 Å². The molecule has 0 spiro atoms. The zero-order valence-corrected chi connectivity index (χ0v) is 12.3. The van der Waals surface area contributed by atoms with Gasteiger partial charge in [0.25, 0.3) is 0 Å². The standard InChI is InChI=1S/C16H26N2O/c1-4-12(2)18-16(11-17)9-5-6-13-7-8-14(19-3)10-15(13)16/h7-8,10,12,18H,4-6,9,11,17H2,1-3H3. The first-order chi connectivity index (χ1) is 9.15. The molecule has 19 heavy (non-hydrogen) atoms. The van der Waals surface area contributed by atoms with Crippen LogP contribution in [-0.2, 0) is 12.0 Å². The lowest BCUT2D eigenvalue weighted by Gasteiger charge is -2.41. The Kier molecular flexibility index (Phi) is 4.48. The first-order valence-electron chi connectivity index (χ1n) is 7.30. The van der Waals surface area contributed by atoms with Crippen molar-refractivity contribution in [3.05, 3.63) is 29.3 Å². The van der Waals surface area contributed by atoms with E-state index in [1.807, 2.05) is 0 Å². The summed E-state index contributed by atoms with van der Waals surface area (Å²) in [4.78, 5) is 0. The van der Waals surface area contributed by atoms with Crippen molar-refractivity contribution in [1.29, 1.82) is 0 Å². The highest BCUT2D eigenvalue weighted by Crippen LogP contribution is 2.37. The first kappa shape index (κ1) is 14.4. The van der Waals surface area contributed by atoms with E-state index >= 15 is 0 Å². The summed E-state index contributed by atoms with van der Waals surface area (Å²) in [6.45, 7) is 5.07. The molecule has 3 heteroatoms. The number of fused-ring (bicyclic) bond motifs is 1. The van der Waals surface area contributed by atoms with Crippen molar-refractivity contribution < 1.29 is 4.74 Å². The summed E-state index contributed by atoms with van der Waals surface area (Å²) < 4.78 is 5.38. The van der Waals surface area contributed by atoms with E-state index in [-0.39, 0.29) is 5.54 Å². The number of benzene rings is 1. The van der Waals surface area contributed by atoms with Gasteiger partial charge >= 0.3 is 0 Å². The number of hydrogen-bond donors (Lipinski definition) is 2. The number of ether oxygens (including phenoxy) is 1. The van der Waals surface area contributed by atoms with Crippen molar-refractivity contribution in [2.45, 2.75) is 51.1 Å². The van der Waals surface area contributed by atoms with Crippen LogP contribution in [0.4, 0.5) is 0 Å². The Bertz CT molecular complexity index is 433. The largest absolute Gasteiger partial charge is 0.497 e. The van der Waals surface area contributed by atoms with Crippen molar-refractivity contribution in [2.75, 3.05) is 13.7 Å². The summed E-state index contributed by atoms with van der Waals surface area (Å²) in [6, 6.07) is 6.88. The normalized spacial score (nSPS) is 23.8. The Labute approximate surface area is 116 Å². The molecule has 3 N–H and O–H groups in total. The molecule has 1 aliphatic rings. The minimum atomic E-state index is -0.0858. The van der Waals surface area contributed by atoms with Crippen LogP contribution in [0.25, 0.3) is 0 Å². The van der Waals surface area contributed by atoms with E-state index in [0.717, 1.165) is 25.0 Å². The molecule has 2 atom stereocenters. The predicted octanol–water partition coefficient (Wildman–Crippen LogP) is 2.57. The van der Waals surface area contributed by atoms with Crippen molar-refractivity contribution in [1.82, 2.24) is 5.32 Å². The number of nitrogens with one attached hydrogen (secondary N) is 1. The highest BCUT2D eigenvalue weighted by Gasteiger charge is 2.36. The molecule has 0 aromatic heterocycles. The number of nitrogens with two attached hydrogens (primary N) is 1. The zero-order chi connectivity index (χ0) is 13.9. The van der Waals surface area contributed by atoms with Crippen molar-refractivity contribution >= 4 is 0 Å². The summed E-state index contributed by atoms with van der Waals surface area (Å²) in [7, 11) is 1.72. The van der Waals surface area contributed by atoms with E-state index in [4.69, 9.17) is 10.5 Å². The van der Waals surface area contributed by atoms with Gasteiger partial charge in [0.1, 0.15) is 5.75 Å². The minimum absolute atomic E-state index is 0.0858. The van der Waals surface area contributed by atoms with Crippen LogP contribution in [0.5, 0.6) is 5.75 Å². The lowest BCUT2D eigenvalue weighted by molar-refractivity contribution is 0.259. The first-order valence-corrected chi connectivity index (χ1v) is 7.30. The molecule has 0 heterocycles. The highest BCUT2D eigenvalue weighted by molar-refractivity contribution is 5.42. The van der Waals surface area contributed by atoms with Gasteiger partial charge in [-0.2, -0.15) is 0 Å². The molecule has 0 bridgehead atoms. The average molecular weight is 262 g/mol. The maximum absolute atomic E-state index is 6.14. The summed E-state index contributed by atoms with van der Waals surface area (Å²) in [6.07, 6.45) is 4.55. The van der Waals surface area contributed by atoms with Gasteiger partial charge in [-0.1, -0.05) is 13.0 Å². The van der Waals surface area contributed by atoms with Crippen LogP contribution >= 0.6 is 0 Å². The van der Waals surface area contributed by atoms with Crippen LogP contribution in [-0.4, -0.2) is 19.7 Å². The average Bonchev–Trinajstić information content (AvgIpc) is 2.46. The molecule has 1 aromatic carbocycles. The second kappa shape index (κ2) is 5.93. The number of hydrogen-bond acceptors (Lipinski definition) is 3. The Morgan fingerprint density at radius 1 is 1.47 bits per heavy atom. The van der Waals surface area contributed by atoms with E-state index < -0.39 is 0 Å². The van der Waals surface area contributed by atoms with E-state index in [9.17, 15) is 0 Å². The third-order valence-electron chi connectivity index (χ3n) is 4.37. The fourth-order valence-electron chi connectivity index (χ4n) is 3.06. The van der Waals surface area contributed by atoms with Crippen molar-refractivity contribution in [3.8, 4) is 5.75 Å². The minimum Gasteiger partial charge on any atom is -0.497 e. The molecule has 1 aromatic rings. The highest BCUT2D eigenvalue weighted by atomic mass is 16.5. The Morgan fingerprint density at radius 3 is 2.89 bits per heavy atom. The quantitative estimate of drug-likeness (QED) is 0.857. The fourth-order valence-corrected chi connectivity index (χ4v) is 3.06. The predicted molar refractivity (Wildman–Crippen MR) is 79.6 cm³/mol. The summed E-state index contributed by atoms with van der Waals surface area (Å²) in [5.74, 6) is 0.921. The van der Waals surface area contributed by atoms with Gasteiger partial charge in [-0.05, 0) is 55.9 Å². The molecular weight excluding hydrogens is 236 g/mol. The number of rotatable bonds is 5. The van der Waals surface area contributed by atoms with Crippen molar-refractivity contribution in [2.24, 2.45) is 5.73 Å². The smallest absolute Gasteiger partial charge is 0.119 e. The summed E-state index contributed by atoms with van der Waals surface area (Å²) >= 11 is 0. The maximum atomic E-state index is 6.14. The topological polar surface area (TPSA) is 47.3 Å². The van der Waals surface area contributed by atoms with Crippen LogP contribution in [0.2, 0.25) is 0 Å². The SMILES string of the molecule is CCC(C)NC1(CN)CCCc2ccc(OC)cc21. The van der Waals surface area contributed by atoms with Crippen LogP contribution in [0.3, 0.4) is 0 Å². The Morgan fingerprint density at radius 2 is 2.26 bits per heavy atom. The monoisotopic (exact) mass is 262 g/mol. The zero-order valence-electron chi connectivity index (χ0n) is 12.3. The van der Waals surface area contributed by atoms with Crippen LogP contribution in [0, 0.1) is 0 Å². The second-order valence-corrected chi connectivity index (χ2v) is 5.62. The third kappa shape index (κ3) is 2.77. The molecule has 0 radical (unpaired) electrons. The maximum Gasteiger partial charge on any atom is 0.119 e. The summed E-state index contributed by atoms with van der Waals surface area (Å²) in [5.41, 5.74) is 8.80. The molecule has 1 aliphatic carbocycles. The molecule has 0 aliphatic heterocycles. The van der Waals surface area contributed by atoms with Gasteiger partial charge in [0.15, 0.2) is 0 Å². The van der Waals surface area contributed by atoms with Gasteiger partial charge in [0.2, 0.25) is 0 Å².